The molecule has 1 fully saturated rings. The van der Waals surface area contributed by atoms with E-state index in [1.807, 2.05) is 11.6 Å². The zero-order chi connectivity index (χ0) is 10.7. The van der Waals surface area contributed by atoms with Crippen LogP contribution in [0.2, 0.25) is 0 Å². The summed E-state index contributed by atoms with van der Waals surface area (Å²) >= 11 is 0. The fourth-order valence-electron chi connectivity index (χ4n) is 1.79. The number of hydrogen-bond donors (Lipinski definition) is 0. The van der Waals surface area contributed by atoms with Gasteiger partial charge >= 0.3 is 0 Å². The van der Waals surface area contributed by atoms with Gasteiger partial charge < -0.3 is 4.42 Å². The minimum absolute atomic E-state index is 0.324. The molecular formula is C9H15FN3OP. The predicted octanol–water partition coefficient (Wildman–Crippen LogP) is 2.29. The zero-order valence-electron chi connectivity index (χ0n) is 8.74. The van der Waals surface area contributed by atoms with E-state index < -0.39 is 9.04 Å². The summed E-state index contributed by atoms with van der Waals surface area (Å²) in [5, 5.41) is 7.98. The normalized spacial score (nSPS) is 20.4. The van der Waals surface area contributed by atoms with Gasteiger partial charge in [0.25, 0.3) is 0 Å². The number of aromatic nitrogens is 2. The van der Waals surface area contributed by atoms with Crippen molar-refractivity contribution < 1.29 is 8.61 Å². The lowest BCUT2D eigenvalue weighted by Gasteiger charge is -2.27. The number of aryl methyl sites for hydroxylation is 1. The van der Waals surface area contributed by atoms with Crippen molar-refractivity contribution in [3.63, 3.8) is 0 Å². The second-order valence-electron chi connectivity index (χ2n) is 3.73. The topological polar surface area (TPSA) is 42.2 Å². The molecule has 1 aliphatic heterocycles. The lowest BCUT2D eigenvalue weighted by atomic mass is 9.98. The summed E-state index contributed by atoms with van der Waals surface area (Å²) in [5.41, 5.74) is 0. The maximum Gasteiger partial charge on any atom is 0.219 e. The average Bonchev–Trinajstić information content (AvgIpc) is 2.78. The van der Waals surface area contributed by atoms with Crippen LogP contribution < -0.4 is 0 Å². The first kappa shape index (κ1) is 11.0. The predicted molar refractivity (Wildman–Crippen MR) is 56.6 cm³/mol. The smallest absolute Gasteiger partial charge is 0.219 e. The van der Waals surface area contributed by atoms with E-state index in [2.05, 4.69) is 10.2 Å². The molecule has 0 aliphatic carbocycles. The van der Waals surface area contributed by atoms with Gasteiger partial charge in [-0.05, 0) is 12.8 Å². The van der Waals surface area contributed by atoms with Crippen LogP contribution in [0.5, 0.6) is 0 Å². The monoisotopic (exact) mass is 231 g/mol. The second kappa shape index (κ2) is 4.99. The van der Waals surface area contributed by atoms with E-state index in [9.17, 15) is 4.20 Å². The molecule has 84 valence electrons. The van der Waals surface area contributed by atoms with Crippen LogP contribution in [0.1, 0.15) is 37.5 Å². The highest BCUT2D eigenvalue weighted by molar-refractivity contribution is 7.28. The molecule has 1 unspecified atom stereocenters. The number of piperidine rings is 1. The molecule has 0 radical (unpaired) electrons. The minimum atomic E-state index is -0.574. The molecule has 15 heavy (non-hydrogen) atoms. The Hall–Kier alpha value is -0.540. The molecule has 2 rings (SSSR count). The van der Waals surface area contributed by atoms with Crippen LogP contribution in [0.4, 0.5) is 4.20 Å². The summed E-state index contributed by atoms with van der Waals surface area (Å²) in [4.78, 5) is 0. The molecule has 6 heteroatoms. The Labute approximate surface area is 90.2 Å². The van der Waals surface area contributed by atoms with Crippen molar-refractivity contribution in [3.8, 4) is 0 Å². The van der Waals surface area contributed by atoms with E-state index in [1.54, 1.807) is 0 Å². The summed E-state index contributed by atoms with van der Waals surface area (Å²) < 4.78 is 19.7. The molecule has 2 heterocycles. The van der Waals surface area contributed by atoms with Crippen LogP contribution in [-0.4, -0.2) is 28.0 Å². The number of nitrogens with zero attached hydrogens (tertiary/aromatic N) is 3. The van der Waals surface area contributed by atoms with Crippen LogP contribution in [-0.2, 0) is 6.42 Å². The van der Waals surface area contributed by atoms with Gasteiger partial charge in [-0.1, -0.05) is 6.92 Å². The first-order chi connectivity index (χ1) is 7.33. The molecule has 1 saturated heterocycles. The molecule has 0 saturated carbocycles. The lowest BCUT2D eigenvalue weighted by Crippen LogP contribution is -2.26. The van der Waals surface area contributed by atoms with Crippen molar-refractivity contribution in [1.82, 2.24) is 14.9 Å². The second-order valence-corrected chi connectivity index (χ2v) is 4.53. The van der Waals surface area contributed by atoms with E-state index in [4.69, 9.17) is 4.42 Å². The van der Waals surface area contributed by atoms with Gasteiger partial charge in [-0.15, -0.1) is 10.2 Å². The largest absolute Gasteiger partial charge is 0.425 e. The molecule has 0 amide bonds. The van der Waals surface area contributed by atoms with E-state index in [0.717, 1.165) is 38.2 Å². The molecular weight excluding hydrogens is 216 g/mol. The van der Waals surface area contributed by atoms with Crippen molar-refractivity contribution in [2.75, 3.05) is 13.1 Å². The van der Waals surface area contributed by atoms with Gasteiger partial charge in [0, 0.05) is 25.4 Å². The van der Waals surface area contributed by atoms with Gasteiger partial charge in [-0.3, -0.25) is 4.67 Å². The van der Waals surface area contributed by atoms with Crippen LogP contribution in [0.15, 0.2) is 4.42 Å². The highest BCUT2D eigenvalue weighted by atomic mass is 31.1. The van der Waals surface area contributed by atoms with Crippen LogP contribution in [0.25, 0.3) is 0 Å². The summed E-state index contributed by atoms with van der Waals surface area (Å²) in [6, 6.07) is 0. The molecule has 0 N–H and O–H groups in total. The SMILES string of the molecule is CCc1nnc(C2CCN(PF)CC2)o1. The van der Waals surface area contributed by atoms with Gasteiger partial charge in [0.15, 0.2) is 0 Å². The number of halogens is 1. The van der Waals surface area contributed by atoms with Crippen molar-refractivity contribution in [2.45, 2.75) is 32.1 Å². The van der Waals surface area contributed by atoms with Crippen molar-refractivity contribution in [3.05, 3.63) is 11.8 Å². The summed E-state index contributed by atoms with van der Waals surface area (Å²) in [5.74, 6) is 1.75. The number of rotatable bonds is 3. The highest BCUT2D eigenvalue weighted by Gasteiger charge is 2.24. The lowest BCUT2D eigenvalue weighted by molar-refractivity contribution is 0.295. The molecule has 0 bridgehead atoms. The molecule has 1 aromatic rings. The third-order valence-electron chi connectivity index (χ3n) is 2.75. The summed E-state index contributed by atoms with van der Waals surface area (Å²) in [7, 11) is -0.574. The fourth-order valence-corrected chi connectivity index (χ4v) is 2.21. The Kier molecular flexibility index (Phi) is 3.65. The van der Waals surface area contributed by atoms with Crippen molar-refractivity contribution in [1.29, 1.82) is 0 Å². The van der Waals surface area contributed by atoms with Gasteiger partial charge in [-0.2, -0.15) is 0 Å². The fraction of sp³-hybridized carbons (Fsp3) is 0.778. The van der Waals surface area contributed by atoms with E-state index in [-0.39, 0.29) is 0 Å². The van der Waals surface area contributed by atoms with Gasteiger partial charge in [0.2, 0.25) is 11.8 Å². The van der Waals surface area contributed by atoms with E-state index >= 15 is 0 Å². The Bertz CT molecular complexity index is 312. The molecule has 0 spiro atoms. The first-order valence-electron chi connectivity index (χ1n) is 5.27. The Morgan fingerprint density at radius 1 is 1.47 bits per heavy atom. The maximum absolute atomic E-state index is 12.4. The quantitative estimate of drug-likeness (QED) is 0.748. The van der Waals surface area contributed by atoms with E-state index in [0.29, 0.717) is 11.8 Å². The molecule has 1 aromatic heterocycles. The maximum atomic E-state index is 12.4. The average molecular weight is 231 g/mol. The van der Waals surface area contributed by atoms with Crippen LogP contribution in [0.3, 0.4) is 0 Å². The molecule has 0 aromatic carbocycles. The number of hydrogen-bond acceptors (Lipinski definition) is 4. The van der Waals surface area contributed by atoms with Gasteiger partial charge in [0.05, 0.1) is 0 Å². The molecule has 1 atom stereocenters. The summed E-state index contributed by atoms with van der Waals surface area (Å²) in [6.07, 6.45) is 2.61. The third-order valence-corrected chi connectivity index (χ3v) is 3.43. The zero-order valence-corrected chi connectivity index (χ0v) is 9.74. The minimum Gasteiger partial charge on any atom is -0.425 e. The molecule has 4 nitrogen and oxygen atoms in total. The van der Waals surface area contributed by atoms with Crippen molar-refractivity contribution in [2.24, 2.45) is 0 Å². The Morgan fingerprint density at radius 2 is 2.20 bits per heavy atom. The first-order valence-corrected chi connectivity index (χ1v) is 6.09. The van der Waals surface area contributed by atoms with Crippen LogP contribution >= 0.6 is 9.04 Å². The Balaban J connectivity index is 1.95. The van der Waals surface area contributed by atoms with Gasteiger partial charge in [0.1, 0.15) is 9.04 Å². The van der Waals surface area contributed by atoms with Crippen molar-refractivity contribution >= 4 is 9.04 Å². The standard InChI is InChI=1S/C9H15FN3OP/c1-2-8-11-12-9(14-8)7-3-5-13(15-10)6-4-7/h7,15H,2-6H2,1H3. The highest BCUT2D eigenvalue weighted by Crippen LogP contribution is 2.32. The third kappa shape index (κ3) is 2.52. The van der Waals surface area contributed by atoms with Gasteiger partial charge in [-0.25, -0.2) is 4.20 Å². The van der Waals surface area contributed by atoms with Crippen LogP contribution in [0, 0.1) is 0 Å². The van der Waals surface area contributed by atoms with E-state index in [1.165, 1.54) is 0 Å². The Morgan fingerprint density at radius 3 is 2.73 bits per heavy atom. The molecule has 1 aliphatic rings. The summed E-state index contributed by atoms with van der Waals surface area (Å²) in [6.45, 7) is 3.58.